The molecule has 33 heavy (non-hydrogen) atoms. The first-order chi connectivity index (χ1) is 15.7. The van der Waals surface area contributed by atoms with Crippen molar-refractivity contribution in [3.05, 3.63) is 71.8 Å². The van der Waals surface area contributed by atoms with Crippen molar-refractivity contribution in [2.45, 2.75) is 32.6 Å². The van der Waals surface area contributed by atoms with Crippen LogP contribution in [0.25, 0.3) is 0 Å². The zero-order valence-corrected chi connectivity index (χ0v) is 19.0. The summed E-state index contributed by atoms with van der Waals surface area (Å²) >= 11 is 0. The Hall–Kier alpha value is -3.21. The van der Waals surface area contributed by atoms with E-state index in [4.69, 9.17) is 4.74 Å². The van der Waals surface area contributed by atoms with Gasteiger partial charge in [0.25, 0.3) is 0 Å². The molecule has 7 rings (SSSR count). The lowest BCUT2D eigenvalue weighted by atomic mass is 9.63. The van der Waals surface area contributed by atoms with E-state index in [0.29, 0.717) is 28.8 Å². The normalized spacial score (nSPS) is 31.4. The molecule has 0 spiro atoms. The number of nitrogens with zero attached hydrogens (tertiary/aromatic N) is 1. The van der Waals surface area contributed by atoms with Crippen LogP contribution in [0.2, 0.25) is 0 Å². The van der Waals surface area contributed by atoms with Gasteiger partial charge in [0, 0.05) is 0 Å². The van der Waals surface area contributed by atoms with Gasteiger partial charge < -0.3 is 4.74 Å². The number of rotatable bonds is 3. The fourth-order valence-corrected chi connectivity index (χ4v) is 6.17. The van der Waals surface area contributed by atoms with E-state index in [1.54, 1.807) is 36.4 Å². The molecular weight excluding hydrogens is 414 g/mol. The SMILES string of the molecule is CC(C)(C)c1ccc(OC(=O)c2cccc(N3C(=O)[C@@H]4[C@H]5C=C[C@@H]([C@@H]6C[C@@H]56)[C@@H]4C3=O)c2)cc1. The van der Waals surface area contributed by atoms with E-state index in [9.17, 15) is 14.4 Å². The number of hydrogen-bond acceptors (Lipinski definition) is 4. The predicted octanol–water partition coefficient (Wildman–Crippen LogP) is 4.76. The molecule has 168 valence electrons. The third-order valence-electron chi connectivity index (χ3n) is 7.93. The number of carbonyl (C=O) groups is 3. The average Bonchev–Trinajstić information content (AvgIpc) is 3.57. The Morgan fingerprint density at radius 3 is 2.09 bits per heavy atom. The fraction of sp³-hybridized carbons (Fsp3) is 0.393. The van der Waals surface area contributed by atoms with Crippen LogP contribution in [-0.4, -0.2) is 17.8 Å². The lowest BCUT2D eigenvalue weighted by molar-refractivity contribution is -0.124. The number of imide groups is 1. The van der Waals surface area contributed by atoms with Gasteiger partial charge in [-0.15, -0.1) is 0 Å². The van der Waals surface area contributed by atoms with E-state index in [2.05, 4.69) is 32.9 Å². The molecule has 6 atom stereocenters. The minimum atomic E-state index is -0.514. The van der Waals surface area contributed by atoms with E-state index < -0.39 is 5.97 Å². The van der Waals surface area contributed by atoms with E-state index >= 15 is 0 Å². The molecule has 2 saturated carbocycles. The van der Waals surface area contributed by atoms with Crippen molar-refractivity contribution >= 4 is 23.5 Å². The lowest BCUT2D eigenvalue weighted by Crippen LogP contribution is -2.40. The van der Waals surface area contributed by atoms with Crippen LogP contribution in [0, 0.1) is 35.5 Å². The third kappa shape index (κ3) is 3.09. The first kappa shape index (κ1) is 20.4. The topological polar surface area (TPSA) is 63.7 Å². The van der Waals surface area contributed by atoms with Crippen LogP contribution in [-0.2, 0) is 15.0 Å². The molecule has 1 aliphatic heterocycles. The molecule has 4 aliphatic carbocycles. The standard InChI is InChI=1S/C28H27NO4/c1-28(2,3)16-7-9-18(10-8-16)33-27(32)15-5-4-6-17(13-15)29-25(30)23-19-11-12-20(22-14-21(19)22)24(23)26(29)31/h4-13,19-24H,14H2,1-3H3/t19-,20-,21-,22-,23-,24+/m0/s1. The maximum atomic E-state index is 13.3. The Balaban J connectivity index is 1.23. The largest absolute Gasteiger partial charge is 0.423 e. The molecular formula is C28H27NO4. The van der Waals surface area contributed by atoms with Gasteiger partial charge in [-0.1, -0.05) is 51.1 Å². The van der Waals surface area contributed by atoms with Crippen molar-refractivity contribution in [2.24, 2.45) is 35.5 Å². The van der Waals surface area contributed by atoms with Crippen molar-refractivity contribution in [1.29, 1.82) is 0 Å². The lowest BCUT2D eigenvalue weighted by Gasteiger charge is -2.37. The van der Waals surface area contributed by atoms with Gasteiger partial charge in [-0.05, 0) is 71.4 Å². The number of hydrogen-bond donors (Lipinski definition) is 0. The second-order valence-electron chi connectivity index (χ2n) is 10.9. The van der Waals surface area contributed by atoms with Crippen molar-refractivity contribution < 1.29 is 19.1 Å². The van der Waals surface area contributed by atoms with Gasteiger partial charge in [-0.3, -0.25) is 9.59 Å². The summed E-state index contributed by atoms with van der Waals surface area (Å²) in [5.74, 6) is 0.649. The van der Waals surface area contributed by atoms with Gasteiger partial charge >= 0.3 is 5.97 Å². The minimum absolute atomic E-state index is 0.0123. The first-order valence-corrected chi connectivity index (χ1v) is 11.7. The first-order valence-electron chi connectivity index (χ1n) is 11.7. The summed E-state index contributed by atoms with van der Waals surface area (Å²) in [6, 6.07) is 14.1. The molecule has 2 bridgehead atoms. The van der Waals surface area contributed by atoms with E-state index in [1.165, 1.54) is 4.90 Å². The Kier molecular flexibility index (Phi) is 4.26. The highest BCUT2D eigenvalue weighted by atomic mass is 16.5. The number of anilines is 1. The monoisotopic (exact) mass is 441 g/mol. The second-order valence-corrected chi connectivity index (χ2v) is 10.9. The molecule has 0 aromatic heterocycles. The van der Waals surface area contributed by atoms with Crippen LogP contribution in [0.4, 0.5) is 5.69 Å². The van der Waals surface area contributed by atoms with Gasteiger partial charge in [0.1, 0.15) is 5.75 Å². The van der Waals surface area contributed by atoms with E-state index in [-0.39, 0.29) is 40.9 Å². The predicted molar refractivity (Wildman–Crippen MR) is 124 cm³/mol. The number of amides is 2. The Bertz CT molecular complexity index is 1170. The van der Waals surface area contributed by atoms with Crippen molar-refractivity contribution in [1.82, 2.24) is 0 Å². The van der Waals surface area contributed by atoms with Crippen molar-refractivity contribution in [3.8, 4) is 5.75 Å². The van der Waals surface area contributed by atoms with Crippen molar-refractivity contribution in [2.75, 3.05) is 4.90 Å². The summed E-state index contributed by atoms with van der Waals surface area (Å²) < 4.78 is 5.56. The number of ether oxygens (including phenoxy) is 1. The molecule has 1 heterocycles. The average molecular weight is 442 g/mol. The van der Waals surface area contributed by atoms with Gasteiger partial charge in [0.15, 0.2) is 0 Å². The highest BCUT2D eigenvalue weighted by Gasteiger charge is 2.67. The van der Waals surface area contributed by atoms with Crippen LogP contribution in [0.3, 0.4) is 0 Å². The molecule has 1 saturated heterocycles. The molecule has 0 unspecified atom stereocenters. The summed E-state index contributed by atoms with van der Waals surface area (Å²) in [4.78, 5) is 40.8. The van der Waals surface area contributed by atoms with Crippen LogP contribution in [0.5, 0.6) is 5.75 Å². The van der Waals surface area contributed by atoms with Gasteiger partial charge in [0.05, 0.1) is 23.1 Å². The summed E-state index contributed by atoms with van der Waals surface area (Å²) in [6.45, 7) is 6.38. The summed E-state index contributed by atoms with van der Waals surface area (Å²) in [6.07, 6.45) is 5.45. The van der Waals surface area contributed by atoms with E-state index in [1.807, 2.05) is 12.1 Å². The fourth-order valence-electron chi connectivity index (χ4n) is 6.17. The maximum absolute atomic E-state index is 13.3. The number of benzene rings is 2. The second kappa shape index (κ2) is 6.89. The molecule has 0 N–H and O–H groups in total. The zero-order valence-electron chi connectivity index (χ0n) is 19.0. The molecule has 2 aromatic rings. The molecule has 5 heteroatoms. The smallest absolute Gasteiger partial charge is 0.343 e. The van der Waals surface area contributed by atoms with Crippen LogP contribution in [0.15, 0.2) is 60.7 Å². The van der Waals surface area contributed by atoms with Crippen LogP contribution < -0.4 is 9.64 Å². The van der Waals surface area contributed by atoms with Gasteiger partial charge in [0.2, 0.25) is 11.8 Å². The maximum Gasteiger partial charge on any atom is 0.343 e. The van der Waals surface area contributed by atoms with Gasteiger partial charge in [-0.2, -0.15) is 0 Å². The summed E-state index contributed by atoms with van der Waals surface area (Å²) in [5.41, 5.74) is 1.92. The van der Waals surface area contributed by atoms with E-state index in [0.717, 1.165) is 12.0 Å². The summed E-state index contributed by atoms with van der Waals surface area (Å²) in [7, 11) is 0. The number of carbonyl (C=O) groups excluding carboxylic acids is 3. The van der Waals surface area contributed by atoms with Crippen LogP contribution in [0.1, 0.15) is 43.1 Å². The molecule has 0 radical (unpaired) electrons. The Morgan fingerprint density at radius 2 is 1.52 bits per heavy atom. The molecule has 5 aliphatic rings. The minimum Gasteiger partial charge on any atom is -0.423 e. The molecule has 2 aromatic carbocycles. The summed E-state index contributed by atoms with van der Waals surface area (Å²) in [5, 5.41) is 0. The Morgan fingerprint density at radius 1 is 0.909 bits per heavy atom. The van der Waals surface area contributed by atoms with Crippen molar-refractivity contribution in [3.63, 3.8) is 0 Å². The van der Waals surface area contributed by atoms with Crippen LogP contribution >= 0.6 is 0 Å². The molecule has 2 amide bonds. The molecule has 3 fully saturated rings. The quantitative estimate of drug-likeness (QED) is 0.298. The Labute approximate surface area is 193 Å². The highest BCUT2D eigenvalue weighted by molar-refractivity contribution is 6.23. The zero-order chi connectivity index (χ0) is 23.1. The number of allylic oxidation sites excluding steroid dienone is 2. The highest BCUT2D eigenvalue weighted by Crippen LogP contribution is 2.65. The van der Waals surface area contributed by atoms with Gasteiger partial charge in [-0.25, -0.2) is 9.69 Å². The third-order valence-corrected chi connectivity index (χ3v) is 7.93. The molecule has 5 nitrogen and oxygen atoms in total. The number of esters is 1.